The summed E-state index contributed by atoms with van der Waals surface area (Å²) in [5.74, 6) is -0.0541. The van der Waals surface area contributed by atoms with E-state index < -0.39 is 10.8 Å². The summed E-state index contributed by atoms with van der Waals surface area (Å²) in [6.07, 6.45) is -0.0870. The highest BCUT2D eigenvalue weighted by atomic mass is 16.6. The SMILES string of the molecule is CCOc1ccc(NC(=O)COC(C)C)c([N+](=O)[O-])c1. The van der Waals surface area contributed by atoms with Crippen LogP contribution in [0.1, 0.15) is 20.8 Å². The Hall–Kier alpha value is -2.15. The summed E-state index contributed by atoms with van der Waals surface area (Å²) in [6, 6.07) is 4.29. The number of nitrogens with zero attached hydrogens (tertiary/aromatic N) is 1. The third kappa shape index (κ3) is 4.85. The van der Waals surface area contributed by atoms with Crippen molar-refractivity contribution >= 4 is 17.3 Å². The van der Waals surface area contributed by atoms with E-state index in [1.807, 2.05) is 0 Å². The van der Waals surface area contributed by atoms with Crippen molar-refractivity contribution in [3.05, 3.63) is 28.3 Å². The minimum absolute atomic E-state index is 0.0870. The summed E-state index contributed by atoms with van der Waals surface area (Å²) in [6.45, 7) is 5.64. The van der Waals surface area contributed by atoms with Gasteiger partial charge in [0.05, 0.1) is 23.7 Å². The molecule has 0 unspecified atom stereocenters. The molecule has 0 saturated carbocycles. The first-order valence-corrected chi connectivity index (χ1v) is 6.26. The van der Waals surface area contributed by atoms with Gasteiger partial charge < -0.3 is 14.8 Å². The smallest absolute Gasteiger partial charge is 0.296 e. The van der Waals surface area contributed by atoms with E-state index in [0.717, 1.165) is 0 Å². The quantitative estimate of drug-likeness (QED) is 0.612. The van der Waals surface area contributed by atoms with Crippen LogP contribution in [0.2, 0.25) is 0 Å². The largest absolute Gasteiger partial charge is 0.494 e. The standard InChI is InChI=1S/C13H18N2O5/c1-4-19-10-5-6-11(12(7-10)15(17)18)14-13(16)8-20-9(2)3/h5-7,9H,4,8H2,1-3H3,(H,14,16). The molecule has 1 N–H and O–H groups in total. The van der Waals surface area contributed by atoms with Crippen molar-refractivity contribution in [1.82, 2.24) is 0 Å². The fraction of sp³-hybridized carbons (Fsp3) is 0.462. The van der Waals surface area contributed by atoms with Crippen LogP contribution in [-0.2, 0) is 9.53 Å². The molecule has 20 heavy (non-hydrogen) atoms. The van der Waals surface area contributed by atoms with Gasteiger partial charge in [0.1, 0.15) is 18.0 Å². The second kappa shape index (κ2) is 7.44. The van der Waals surface area contributed by atoms with Crippen molar-refractivity contribution in [3.63, 3.8) is 0 Å². The zero-order valence-electron chi connectivity index (χ0n) is 11.7. The van der Waals surface area contributed by atoms with Crippen molar-refractivity contribution in [2.24, 2.45) is 0 Å². The van der Waals surface area contributed by atoms with E-state index in [0.29, 0.717) is 12.4 Å². The lowest BCUT2D eigenvalue weighted by Crippen LogP contribution is -2.21. The average molecular weight is 282 g/mol. The fourth-order valence-electron chi connectivity index (χ4n) is 1.45. The molecule has 7 heteroatoms. The zero-order valence-corrected chi connectivity index (χ0v) is 11.7. The van der Waals surface area contributed by atoms with Gasteiger partial charge in [-0.25, -0.2) is 0 Å². The molecule has 7 nitrogen and oxygen atoms in total. The molecular formula is C13H18N2O5. The lowest BCUT2D eigenvalue weighted by molar-refractivity contribution is -0.384. The van der Waals surface area contributed by atoms with E-state index in [9.17, 15) is 14.9 Å². The lowest BCUT2D eigenvalue weighted by Gasteiger charge is -2.10. The number of carbonyl (C=O) groups is 1. The number of carbonyl (C=O) groups excluding carboxylic acids is 1. The van der Waals surface area contributed by atoms with Crippen molar-refractivity contribution in [2.45, 2.75) is 26.9 Å². The minimum atomic E-state index is -0.568. The van der Waals surface area contributed by atoms with Crippen LogP contribution in [0, 0.1) is 10.1 Å². The predicted octanol–water partition coefficient (Wildman–Crippen LogP) is 2.36. The summed E-state index contributed by atoms with van der Waals surface area (Å²) in [5, 5.41) is 13.4. The van der Waals surface area contributed by atoms with Gasteiger partial charge in [0.2, 0.25) is 0 Å². The van der Waals surface area contributed by atoms with Gasteiger partial charge in [-0.05, 0) is 32.9 Å². The normalized spacial score (nSPS) is 10.4. The maximum Gasteiger partial charge on any atom is 0.296 e. The highest BCUT2D eigenvalue weighted by Gasteiger charge is 2.17. The minimum Gasteiger partial charge on any atom is -0.494 e. The van der Waals surface area contributed by atoms with Gasteiger partial charge in [-0.1, -0.05) is 0 Å². The summed E-state index contributed by atoms with van der Waals surface area (Å²) in [5.41, 5.74) is -0.0929. The number of hydrogen-bond acceptors (Lipinski definition) is 5. The van der Waals surface area contributed by atoms with E-state index in [1.54, 1.807) is 26.8 Å². The van der Waals surface area contributed by atoms with Crippen molar-refractivity contribution in [3.8, 4) is 5.75 Å². The van der Waals surface area contributed by atoms with Crippen LogP contribution in [0.3, 0.4) is 0 Å². The first-order chi connectivity index (χ1) is 9.43. The van der Waals surface area contributed by atoms with Crippen LogP contribution in [0.15, 0.2) is 18.2 Å². The number of nitro benzene ring substituents is 1. The van der Waals surface area contributed by atoms with E-state index in [4.69, 9.17) is 9.47 Å². The molecule has 0 radical (unpaired) electrons. The van der Waals surface area contributed by atoms with E-state index in [2.05, 4.69) is 5.32 Å². The van der Waals surface area contributed by atoms with E-state index >= 15 is 0 Å². The molecule has 0 aliphatic carbocycles. The number of rotatable bonds is 7. The summed E-state index contributed by atoms with van der Waals surface area (Å²) in [7, 11) is 0. The van der Waals surface area contributed by atoms with Crippen molar-refractivity contribution in [2.75, 3.05) is 18.5 Å². The van der Waals surface area contributed by atoms with Gasteiger partial charge in [0.15, 0.2) is 0 Å². The number of hydrogen-bond donors (Lipinski definition) is 1. The third-order valence-corrected chi connectivity index (χ3v) is 2.30. The van der Waals surface area contributed by atoms with Crippen LogP contribution >= 0.6 is 0 Å². The van der Waals surface area contributed by atoms with Gasteiger partial charge in [0.25, 0.3) is 11.6 Å². The number of nitrogens with one attached hydrogen (secondary N) is 1. The Bertz CT molecular complexity index is 488. The highest BCUT2D eigenvalue weighted by Crippen LogP contribution is 2.29. The molecular weight excluding hydrogens is 264 g/mol. The van der Waals surface area contributed by atoms with E-state index in [-0.39, 0.29) is 24.1 Å². The molecule has 0 aliphatic rings. The Balaban J connectivity index is 2.83. The second-order valence-electron chi connectivity index (χ2n) is 4.28. The van der Waals surface area contributed by atoms with E-state index in [1.165, 1.54) is 12.1 Å². The number of benzene rings is 1. The fourth-order valence-corrected chi connectivity index (χ4v) is 1.45. The first-order valence-electron chi connectivity index (χ1n) is 6.26. The molecule has 1 aromatic carbocycles. The molecule has 0 heterocycles. The molecule has 0 saturated heterocycles. The monoisotopic (exact) mass is 282 g/mol. The Morgan fingerprint density at radius 1 is 1.45 bits per heavy atom. The van der Waals surface area contributed by atoms with Crippen LogP contribution in [0.4, 0.5) is 11.4 Å². The molecule has 1 aromatic rings. The molecule has 110 valence electrons. The van der Waals surface area contributed by atoms with Gasteiger partial charge in [-0.15, -0.1) is 0 Å². The molecule has 0 spiro atoms. The molecule has 0 atom stereocenters. The van der Waals surface area contributed by atoms with Gasteiger partial charge in [-0.2, -0.15) is 0 Å². The second-order valence-corrected chi connectivity index (χ2v) is 4.28. The molecule has 0 bridgehead atoms. The Morgan fingerprint density at radius 2 is 2.15 bits per heavy atom. The Labute approximate surface area is 117 Å². The number of amides is 1. The van der Waals surface area contributed by atoms with Crippen molar-refractivity contribution < 1.29 is 19.2 Å². The third-order valence-electron chi connectivity index (χ3n) is 2.30. The van der Waals surface area contributed by atoms with Gasteiger partial charge in [0, 0.05) is 0 Å². The van der Waals surface area contributed by atoms with Gasteiger partial charge in [-0.3, -0.25) is 14.9 Å². The number of ether oxygens (including phenoxy) is 2. The summed E-state index contributed by atoms with van der Waals surface area (Å²) in [4.78, 5) is 22.0. The topological polar surface area (TPSA) is 90.7 Å². The maximum absolute atomic E-state index is 11.6. The average Bonchev–Trinajstić information content (AvgIpc) is 2.38. The van der Waals surface area contributed by atoms with Crippen LogP contribution < -0.4 is 10.1 Å². The Morgan fingerprint density at radius 3 is 2.70 bits per heavy atom. The van der Waals surface area contributed by atoms with Crippen LogP contribution in [0.25, 0.3) is 0 Å². The molecule has 0 aromatic heterocycles. The molecule has 1 rings (SSSR count). The van der Waals surface area contributed by atoms with Crippen molar-refractivity contribution in [1.29, 1.82) is 0 Å². The Kier molecular flexibility index (Phi) is 5.92. The maximum atomic E-state index is 11.6. The number of anilines is 1. The molecule has 0 aliphatic heterocycles. The predicted molar refractivity (Wildman–Crippen MR) is 74.0 cm³/mol. The van der Waals surface area contributed by atoms with Crippen LogP contribution in [0.5, 0.6) is 5.75 Å². The van der Waals surface area contributed by atoms with Gasteiger partial charge >= 0.3 is 0 Å². The zero-order chi connectivity index (χ0) is 15.1. The number of nitro groups is 1. The summed E-state index contributed by atoms with van der Waals surface area (Å²) < 4.78 is 10.3. The molecule has 1 amide bonds. The summed E-state index contributed by atoms with van der Waals surface area (Å²) >= 11 is 0. The van der Waals surface area contributed by atoms with Crippen LogP contribution in [-0.4, -0.2) is 30.1 Å². The first kappa shape index (κ1) is 15.9. The lowest BCUT2D eigenvalue weighted by atomic mass is 10.2. The molecule has 0 fully saturated rings. The highest BCUT2D eigenvalue weighted by molar-refractivity contribution is 5.94.